The van der Waals surface area contributed by atoms with Gasteiger partial charge in [0.05, 0.1) is 6.10 Å². The van der Waals surface area contributed by atoms with Crippen molar-refractivity contribution in [1.29, 1.82) is 0 Å². The first-order valence-corrected chi connectivity index (χ1v) is 9.86. The second-order valence-electron chi connectivity index (χ2n) is 7.87. The maximum Gasteiger partial charge on any atom is 0.407 e. The minimum Gasteiger partial charge on any atom is -0.444 e. The van der Waals surface area contributed by atoms with Crippen molar-refractivity contribution in [1.82, 2.24) is 5.32 Å². The fourth-order valence-corrected chi connectivity index (χ4v) is 2.82. The van der Waals surface area contributed by atoms with Crippen LogP contribution in [-0.4, -0.2) is 29.9 Å². The van der Waals surface area contributed by atoms with Crippen LogP contribution in [0.25, 0.3) is 0 Å². The molecular weight excluding hydrogens is 352 g/mol. The summed E-state index contributed by atoms with van der Waals surface area (Å²) < 4.78 is 5.19. The molecule has 3 N–H and O–H groups in total. The smallest absolute Gasteiger partial charge is 0.407 e. The number of ether oxygens (including phenoxy) is 1. The van der Waals surface area contributed by atoms with Crippen LogP contribution in [0.1, 0.15) is 50.8 Å². The van der Waals surface area contributed by atoms with Gasteiger partial charge in [-0.2, -0.15) is 0 Å². The van der Waals surface area contributed by atoms with Gasteiger partial charge >= 0.3 is 6.09 Å². The molecule has 0 saturated carbocycles. The molecule has 0 aromatic heterocycles. The van der Waals surface area contributed by atoms with E-state index in [1.807, 2.05) is 51.1 Å². The van der Waals surface area contributed by atoms with Crippen molar-refractivity contribution >= 4 is 11.8 Å². The largest absolute Gasteiger partial charge is 0.444 e. The zero-order chi connectivity index (χ0) is 20.4. The summed E-state index contributed by atoms with van der Waals surface area (Å²) >= 11 is 0. The van der Waals surface area contributed by atoms with E-state index in [1.165, 1.54) is 5.56 Å². The molecule has 0 radical (unpaired) electrons. The van der Waals surface area contributed by atoms with Crippen LogP contribution >= 0.6 is 0 Å². The van der Waals surface area contributed by atoms with Gasteiger partial charge in [0.1, 0.15) is 5.60 Å². The lowest BCUT2D eigenvalue weighted by Gasteiger charge is -2.20. The van der Waals surface area contributed by atoms with Crippen molar-refractivity contribution in [2.75, 3.05) is 18.4 Å². The van der Waals surface area contributed by atoms with Crippen LogP contribution in [0.5, 0.6) is 0 Å². The van der Waals surface area contributed by atoms with Crippen molar-refractivity contribution in [2.45, 2.75) is 51.7 Å². The third-order valence-electron chi connectivity index (χ3n) is 4.17. The molecule has 152 valence electrons. The van der Waals surface area contributed by atoms with Crippen molar-refractivity contribution in [3.05, 3.63) is 65.7 Å². The summed E-state index contributed by atoms with van der Waals surface area (Å²) in [6, 6.07) is 18.2. The average Bonchev–Trinajstić information content (AvgIpc) is 2.65. The minimum atomic E-state index is -0.638. The Kier molecular flexibility index (Phi) is 8.33. The van der Waals surface area contributed by atoms with E-state index in [4.69, 9.17) is 4.74 Å². The first kappa shape index (κ1) is 21.8. The monoisotopic (exact) mass is 384 g/mol. The first-order valence-electron chi connectivity index (χ1n) is 9.86. The fraction of sp³-hybridized carbons (Fsp3) is 0.435. The van der Waals surface area contributed by atoms with E-state index in [0.717, 1.165) is 30.6 Å². The Balaban J connectivity index is 1.72. The van der Waals surface area contributed by atoms with Crippen molar-refractivity contribution in [3.63, 3.8) is 0 Å². The molecular formula is C23H32N2O3. The highest BCUT2D eigenvalue weighted by Crippen LogP contribution is 2.20. The number of alkyl carbamates (subject to hydrolysis) is 1. The summed E-state index contributed by atoms with van der Waals surface area (Å²) in [4.78, 5) is 11.7. The van der Waals surface area contributed by atoms with E-state index in [2.05, 4.69) is 34.9 Å². The first-order chi connectivity index (χ1) is 13.3. The summed E-state index contributed by atoms with van der Waals surface area (Å²) in [5, 5.41) is 16.5. The molecule has 0 aliphatic heterocycles. The number of anilines is 1. The molecule has 1 unspecified atom stereocenters. The second-order valence-corrected chi connectivity index (χ2v) is 7.87. The summed E-state index contributed by atoms with van der Waals surface area (Å²) in [6.07, 6.45) is 1.40. The predicted octanol–water partition coefficient (Wildman–Crippen LogP) is 4.68. The number of aliphatic hydroxyl groups excluding tert-OH is 1. The number of aliphatic hydroxyl groups is 1. The number of amides is 1. The van der Waals surface area contributed by atoms with Gasteiger partial charge in [-0.15, -0.1) is 0 Å². The summed E-state index contributed by atoms with van der Waals surface area (Å²) in [7, 11) is 0. The van der Waals surface area contributed by atoms with Gasteiger partial charge in [-0.1, -0.05) is 42.5 Å². The van der Waals surface area contributed by atoms with Gasteiger partial charge < -0.3 is 20.5 Å². The SMILES string of the molecule is CC(C)(C)OC(=O)NCCC(O)c1cccc(NCCCc2ccccc2)c1. The predicted molar refractivity (Wildman–Crippen MR) is 114 cm³/mol. The van der Waals surface area contributed by atoms with Crippen LogP contribution in [0.4, 0.5) is 10.5 Å². The molecule has 28 heavy (non-hydrogen) atoms. The van der Waals surface area contributed by atoms with Crippen molar-refractivity contribution < 1.29 is 14.6 Å². The summed E-state index contributed by atoms with van der Waals surface area (Å²) in [5.41, 5.74) is 2.64. The number of nitrogens with one attached hydrogen (secondary N) is 2. The van der Waals surface area contributed by atoms with Crippen LogP contribution in [0.2, 0.25) is 0 Å². The number of benzene rings is 2. The third kappa shape index (κ3) is 8.44. The molecule has 0 spiro atoms. The maximum atomic E-state index is 11.7. The zero-order valence-corrected chi connectivity index (χ0v) is 17.1. The lowest BCUT2D eigenvalue weighted by atomic mass is 10.1. The van der Waals surface area contributed by atoms with Crippen molar-refractivity contribution in [2.24, 2.45) is 0 Å². The fourth-order valence-electron chi connectivity index (χ4n) is 2.82. The van der Waals surface area contributed by atoms with Crippen LogP contribution < -0.4 is 10.6 Å². The highest BCUT2D eigenvalue weighted by Gasteiger charge is 2.16. The molecule has 2 aromatic rings. The van der Waals surface area contributed by atoms with E-state index < -0.39 is 17.8 Å². The Hall–Kier alpha value is -2.53. The summed E-state index contributed by atoms with van der Waals surface area (Å²) in [5.74, 6) is 0. The van der Waals surface area contributed by atoms with Gasteiger partial charge in [0, 0.05) is 18.8 Å². The molecule has 0 bridgehead atoms. The lowest BCUT2D eigenvalue weighted by molar-refractivity contribution is 0.0518. The van der Waals surface area contributed by atoms with Crippen molar-refractivity contribution in [3.8, 4) is 0 Å². The number of carbonyl (C=O) groups is 1. The van der Waals surface area contributed by atoms with Gasteiger partial charge in [-0.3, -0.25) is 0 Å². The number of rotatable bonds is 9. The summed E-state index contributed by atoms with van der Waals surface area (Å²) in [6.45, 7) is 6.68. The Morgan fingerprint density at radius 1 is 1.07 bits per heavy atom. The van der Waals surface area contributed by atoms with Crippen LogP contribution in [0, 0.1) is 0 Å². The molecule has 0 heterocycles. The van der Waals surface area contributed by atoms with E-state index in [0.29, 0.717) is 13.0 Å². The molecule has 0 aliphatic rings. The van der Waals surface area contributed by atoms with E-state index in [9.17, 15) is 9.90 Å². The highest BCUT2D eigenvalue weighted by molar-refractivity contribution is 5.67. The molecule has 0 fully saturated rings. The second kappa shape index (κ2) is 10.7. The highest BCUT2D eigenvalue weighted by atomic mass is 16.6. The molecule has 1 atom stereocenters. The number of hydrogen-bond donors (Lipinski definition) is 3. The van der Waals surface area contributed by atoms with Crippen LogP contribution in [0.15, 0.2) is 54.6 Å². The number of hydrogen-bond acceptors (Lipinski definition) is 4. The average molecular weight is 385 g/mol. The minimum absolute atomic E-state index is 0.352. The van der Waals surface area contributed by atoms with E-state index in [-0.39, 0.29) is 0 Å². The number of carbonyl (C=O) groups excluding carboxylic acids is 1. The Morgan fingerprint density at radius 2 is 1.82 bits per heavy atom. The molecule has 1 amide bonds. The molecule has 5 nitrogen and oxygen atoms in total. The lowest BCUT2D eigenvalue weighted by Crippen LogP contribution is -2.33. The topological polar surface area (TPSA) is 70.6 Å². The molecule has 2 rings (SSSR count). The Morgan fingerprint density at radius 3 is 2.54 bits per heavy atom. The van der Waals surface area contributed by atoms with Gasteiger partial charge in [0.15, 0.2) is 0 Å². The van der Waals surface area contributed by atoms with E-state index in [1.54, 1.807) is 0 Å². The normalized spacial score (nSPS) is 12.3. The standard InChI is InChI=1S/C23H32N2O3/c1-23(2,3)28-22(27)25-16-14-21(26)19-12-7-13-20(17-19)24-15-8-11-18-9-5-4-6-10-18/h4-7,9-10,12-13,17,21,24,26H,8,11,14-16H2,1-3H3,(H,25,27). The van der Waals surface area contributed by atoms with Gasteiger partial charge in [0.2, 0.25) is 0 Å². The van der Waals surface area contributed by atoms with Gasteiger partial charge in [-0.05, 0) is 63.3 Å². The molecule has 0 saturated heterocycles. The number of aryl methyl sites for hydroxylation is 1. The van der Waals surface area contributed by atoms with Gasteiger partial charge in [-0.25, -0.2) is 4.79 Å². The Bertz CT molecular complexity index is 726. The van der Waals surface area contributed by atoms with Gasteiger partial charge in [0.25, 0.3) is 0 Å². The van der Waals surface area contributed by atoms with Crippen LogP contribution in [-0.2, 0) is 11.2 Å². The zero-order valence-electron chi connectivity index (χ0n) is 17.1. The van der Waals surface area contributed by atoms with E-state index >= 15 is 0 Å². The molecule has 2 aromatic carbocycles. The maximum absolute atomic E-state index is 11.7. The molecule has 0 aliphatic carbocycles. The third-order valence-corrected chi connectivity index (χ3v) is 4.17. The Labute approximate surface area is 168 Å². The van der Waals surface area contributed by atoms with Crippen LogP contribution in [0.3, 0.4) is 0 Å². The quantitative estimate of drug-likeness (QED) is 0.549. The molecule has 5 heteroatoms.